The molecule has 1 aromatic heterocycles. The Balaban J connectivity index is 1.62. The number of halogens is 1. The van der Waals surface area contributed by atoms with Crippen molar-refractivity contribution < 1.29 is 13.6 Å². The lowest BCUT2D eigenvalue weighted by Crippen LogP contribution is -2.14. The topological polar surface area (TPSA) is 55.1 Å². The quantitative estimate of drug-likeness (QED) is 0.555. The van der Waals surface area contributed by atoms with Crippen LogP contribution in [0.15, 0.2) is 71.1 Å². The molecule has 0 radical (unpaired) electrons. The lowest BCUT2D eigenvalue weighted by atomic mass is 10.1. The van der Waals surface area contributed by atoms with E-state index in [0.717, 1.165) is 22.2 Å². The zero-order valence-corrected chi connectivity index (χ0v) is 14.0. The fourth-order valence-corrected chi connectivity index (χ4v) is 2.77. The van der Waals surface area contributed by atoms with E-state index >= 15 is 0 Å². The molecule has 0 atom stereocenters. The summed E-state index contributed by atoms with van der Waals surface area (Å²) in [5.41, 5.74) is 3.76. The molecule has 0 spiro atoms. The van der Waals surface area contributed by atoms with Crippen LogP contribution in [0.25, 0.3) is 22.6 Å². The normalized spacial score (nSPS) is 10.8. The predicted molar refractivity (Wildman–Crippen MR) is 98.5 cm³/mol. The van der Waals surface area contributed by atoms with E-state index in [1.54, 1.807) is 18.2 Å². The molecule has 0 bridgehead atoms. The van der Waals surface area contributed by atoms with Crippen LogP contribution in [-0.2, 0) is 0 Å². The Labute approximate surface area is 149 Å². The molecule has 0 aliphatic rings. The number of hydrogen-bond donors (Lipinski definition) is 1. The minimum atomic E-state index is -0.550. The molecular formula is C21H15FN2O2. The average Bonchev–Trinajstić information content (AvgIpc) is 3.08. The summed E-state index contributed by atoms with van der Waals surface area (Å²) >= 11 is 0. The molecule has 1 N–H and O–H groups in total. The summed E-state index contributed by atoms with van der Waals surface area (Å²) in [5, 5.41) is 2.74. The van der Waals surface area contributed by atoms with Crippen LogP contribution in [-0.4, -0.2) is 10.9 Å². The first kappa shape index (κ1) is 16.0. The van der Waals surface area contributed by atoms with Gasteiger partial charge in [-0.3, -0.25) is 4.79 Å². The predicted octanol–water partition coefficient (Wildman–Crippen LogP) is 5.19. The van der Waals surface area contributed by atoms with Gasteiger partial charge in [0, 0.05) is 11.3 Å². The smallest absolute Gasteiger partial charge is 0.258 e. The van der Waals surface area contributed by atoms with Crippen molar-refractivity contribution in [2.45, 2.75) is 6.92 Å². The molecule has 128 valence electrons. The Morgan fingerprint density at radius 1 is 1.04 bits per heavy atom. The van der Waals surface area contributed by atoms with Crippen molar-refractivity contribution in [1.82, 2.24) is 4.98 Å². The monoisotopic (exact) mass is 346 g/mol. The summed E-state index contributed by atoms with van der Waals surface area (Å²) in [5.74, 6) is -0.521. The maximum Gasteiger partial charge on any atom is 0.258 e. The molecule has 0 saturated heterocycles. The second-order valence-corrected chi connectivity index (χ2v) is 5.95. The number of anilines is 1. The zero-order chi connectivity index (χ0) is 18.1. The van der Waals surface area contributed by atoms with Crippen LogP contribution in [0.5, 0.6) is 0 Å². The van der Waals surface area contributed by atoms with Crippen LogP contribution >= 0.6 is 0 Å². The molecule has 0 unspecified atom stereocenters. The third kappa shape index (κ3) is 2.95. The molecule has 1 heterocycles. The van der Waals surface area contributed by atoms with Crippen LogP contribution in [0, 0.1) is 12.7 Å². The average molecular weight is 346 g/mol. The SMILES string of the molecule is Cc1cc(-c2nc3ccccc3o2)ccc1NC(=O)c1ccccc1F. The summed E-state index contributed by atoms with van der Waals surface area (Å²) in [7, 11) is 0. The van der Waals surface area contributed by atoms with Gasteiger partial charge in [0.1, 0.15) is 11.3 Å². The lowest BCUT2D eigenvalue weighted by molar-refractivity contribution is 0.102. The Morgan fingerprint density at radius 2 is 1.81 bits per heavy atom. The number of benzene rings is 3. The summed E-state index contributed by atoms with van der Waals surface area (Å²) in [6, 6.07) is 18.9. The molecule has 5 heteroatoms. The molecule has 1 amide bonds. The zero-order valence-electron chi connectivity index (χ0n) is 14.0. The van der Waals surface area contributed by atoms with E-state index in [0.29, 0.717) is 11.6 Å². The molecule has 0 aliphatic carbocycles. The third-order valence-corrected chi connectivity index (χ3v) is 4.13. The van der Waals surface area contributed by atoms with Gasteiger partial charge in [0.25, 0.3) is 5.91 Å². The van der Waals surface area contributed by atoms with Crippen molar-refractivity contribution in [1.29, 1.82) is 0 Å². The van der Waals surface area contributed by atoms with Crippen molar-refractivity contribution in [3.8, 4) is 11.5 Å². The number of carbonyl (C=O) groups excluding carboxylic acids is 1. The van der Waals surface area contributed by atoms with Crippen molar-refractivity contribution >= 4 is 22.7 Å². The molecule has 4 rings (SSSR count). The van der Waals surface area contributed by atoms with E-state index in [2.05, 4.69) is 10.3 Å². The largest absolute Gasteiger partial charge is 0.436 e. The van der Waals surface area contributed by atoms with E-state index in [1.165, 1.54) is 12.1 Å². The fourth-order valence-electron chi connectivity index (χ4n) is 2.77. The highest BCUT2D eigenvalue weighted by molar-refractivity contribution is 6.04. The van der Waals surface area contributed by atoms with Gasteiger partial charge in [-0.2, -0.15) is 0 Å². The first-order valence-corrected chi connectivity index (χ1v) is 8.14. The number of amides is 1. The molecule has 4 aromatic rings. The maximum atomic E-state index is 13.7. The summed E-state index contributed by atoms with van der Waals surface area (Å²) in [6.45, 7) is 1.86. The van der Waals surface area contributed by atoms with E-state index in [4.69, 9.17) is 4.42 Å². The van der Waals surface area contributed by atoms with Gasteiger partial charge in [-0.25, -0.2) is 9.37 Å². The minimum Gasteiger partial charge on any atom is -0.436 e. The van der Waals surface area contributed by atoms with Crippen LogP contribution in [0.4, 0.5) is 10.1 Å². The summed E-state index contributed by atoms with van der Waals surface area (Å²) in [6.07, 6.45) is 0. The number of nitrogens with one attached hydrogen (secondary N) is 1. The number of rotatable bonds is 3. The Morgan fingerprint density at radius 3 is 2.58 bits per heavy atom. The fraction of sp³-hybridized carbons (Fsp3) is 0.0476. The highest BCUT2D eigenvalue weighted by Crippen LogP contribution is 2.27. The van der Waals surface area contributed by atoms with Gasteiger partial charge in [-0.05, 0) is 55.0 Å². The van der Waals surface area contributed by atoms with E-state index < -0.39 is 11.7 Å². The first-order chi connectivity index (χ1) is 12.6. The van der Waals surface area contributed by atoms with Crippen LogP contribution in [0.3, 0.4) is 0 Å². The van der Waals surface area contributed by atoms with E-state index in [1.807, 2.05) is 43.3 Å². The van der Waals surface area contributed by atoms with Crippen molar-refractivity contribution in [2.24, 2.45) is 0 Å². The van der Waals surface area contributed by atoms with E-state index in [9.17, 15) is 9.18 Å². The van der Waals surface area contributed by atoms with Gasteiger partial charge in [0.15, 0.2) is 5.58 Å². The maximum absolute atomic E-state index is 13.7. The third-order valence-electron chi connectivity index (χ3n) is 4.13. The highest BCUT2D eigenvalue weighted by Gasteiger charge is 2.14. The Kier molecular flexibility index (Phi) is 3.97. The molecule has 0 aliphatic heterocycles. The van der Waals surface area contributed by atoms with Gasteiger partial charge in [-0.1, -0.05) is 24.3 Å². The molecule has 0 saturated carbocycles. The Bertz CT molecular complexity index is 1080. The van der Waals surface area contributed by atoms with E-state index in [-0.39, 0.29) is 5.56 Å². The number of aromatic nitrogens is 1. The molecule has 3 aromatic carbocycles. The van der Waals surface area contributed by atoms with Gasteiger partial charge in [0.2, 0.25) is 5.89 Å². The minimum absolute atomic E-state index is 0.00919. The molecule has 0 fully saturated rings. The second-order valence-electron chi connectivity index (χ2n) is 5.95. The van der Waals surface area contributed by atoms with Gasteiger partial charge < -0.3 is 9.73 Å². The number of carbonyl (C=O) groups is 1. The van der Waals surface area contributed by atoms with Crippen LogP contribution in [0.1, 0.15) is 15.9 Å². The number of oxazole rings is 1. The highest BCUT2D eigenvalue weighted by atomic mass is 19.1. The standard InChI is InChI=1S/C21H15FN2O2/c1-13-12-14(21-24-18-8-4-5-9-19(18)26-21)10-11-17(13)23-20(25)15-6-2-3-7-16(15)22/h2-12H,1H3,(H,23,25). The lowest BCUT2D eigenvalue weighted by Gasteiger charge is -2.10. The Hall–Kier alpha value is -3.47. The summed E-state index contributed by atoms with van der Waals surface area (Å²) in [4.78, 5) is 16.7. The van der Waals surface area contributed by atoms with Gasteiger partial charge in [0.05, 0.1) is 5.56 Å². The number of fused-ring (bicyclic) bond motifs is 1. The molecule has 4 nitrogen and oxygen atoms in total. The van der Waals surface area contributed by atoms with Crippen LogP contribution in [0.2, 0.25) is 0 Å². The van der Waals surface area contributed by atoms with Crippen molar-refractivity contribution in [2.75, 3.05) is 5.32 Å². The molecule has 26 heavy (non-hydrogen) atoms. The second kappa shape index (κ2) is 6.44. The number of aryl methyl sites for hydroxylation is 1. The van der Waals surface area contributed by atoms with Gasteiger partial charge >= 0.3 is 0 Å². The first-order valence-electron chi connectivity index (χ1n) is 8.14. The number of para-hydroxylation sites is 2. The van der Waals surface area contributed by atoms with Crippen molar-refractivity contribution in [3.05, 3.63) is 83.7 Å². The number of hydrogen-bond acceptors (Lipinski definition) is 3. The summed E-state index contributed by atoms with van der Waals surface area (Å²) < 4.78 is 19.5. The van der Waals surface area contributed by atoms with Crippen LogP contribution < -0.4 is 5.32 Å². The molecular weight excluding hydrogens is 331 g/mol. The van der Waals surface area contributed by atoms with Crippen molar-refractivity contribution in [3.63, 3.8) is 0 Å². The van der Waals surface area contributed by atoms with Gasteiger partial charge in [-0.15, -0.1) is 0 Å². The number of nitrogens with zero attached hydrogens (tertiary/aromatic N) is 1.